The summed E-state index contributed by atoms with van der Waals surface area (Å²) in [5.41, 5.74) is 1.02. The van der Waals surface area contributed by atoms with Crippen molar-refractivity contribution in [1.82, 2.24) is 14.8 Å². The number of benzene rings is 1. The van der Waals surface area contributed by atoms with Gasteiger partial charge in [-0.05, 0) is 31.7 Å². The van der Waals surface area contributed by atoms with Crippen LogP contribution in [-0.4, -0.2) is 71.7 Å². The molecular formula is C18H25N3O3. The molecule has 0 saturated carbocycles. The lowest BCUT2D eigenvalue weighted by atomic mass is 10.2. The fourth-order valence-corrected chi connectivity index (χ4v) is 3.10. The van der Waals surface area contributed by atoms with E-state index in [1.807, 2.05) is 47.3 Å². The van der Waals surface area contributed by atoms with Gasteiger partial charge in [-0.1, -0.05) is 6.07 Å². The van der Waals surface area contributed by atoms with Crippen molar-refractivity contribution in [3.8, 4) is 5.75 Å². The van der Waals surface area contributed by atoms with Crippen molar-refractivity contribution in [3.63, 3.8) is 0 Å². The second-order valence-electron chi connectivity index (χ2n) is 6.41. The summed E-state index contributed by atoms with van der Waals surface area (Å²) >= 11 is 0. The lowest BCUT2D eigenvalue weighted by Gasteiger charge is -2.23. The zero-order chi connectivity index (χ0) is 16.9. The minimum atomic E-state index is -0.571. The van der Waals surface area contributed by atoms with Crippen molar-refractivity contribution < 1.29 is 14.6 Å². The Kier molecular flexibility index (Phi) is 5.37. The summed E-state index contributed by atoms with van der Waals surface area (Å²) in [4.78, 5) is 18.7. The molecule has 2 aromatic rings. The number of nitrogens with one attached hydrogen (secondary N) is 1. The van der Waals surface area contributed by atoms with Crippen LogP contribution in [0.4, 0.5) is 0 Å². The normalized spacial score (nSPS) is 16.3. The van der Waals surface area contributed by atoms with Gasteiger partial charge in [0, 0.05) is 49.7 Å². The molecule has 1 aromatic heterocycles. The Morgan fingerprint density at radius 1 is 1.42 bits per heavy atom. The molecule has 3 rings (SSSR count). The first-order valence-electron chi connectivity index (χ1n) is 8.47. The fraction of sp³-hybridized carbons (Fsp3) is 0.500. The van der Waals surface area contributed by atoms with Crippen molar-refractivity contribution in [1.29, 1.82) is 0 Å². The van der Waals surface area contributed by atoms with Gasteiger partial charge in [-0.2, -0.15) is 0 Å². The molecule has 24 heavy (non-hydrogen) atoms. The zero-order valence-electron chi connectivity index (χ0n) is 14.1. The highest BCUT2D eigenvalue weighted by atomic mass is 16.5. The molecule has 1 unspecified atom stereocenters. The lowest BCUT2D eigenvalue weighted by molar-refractivity contribution is -0.127. The van der Waals surface area contributed by atoms with Gasteiger partial charge in [-0.3, -0.25) is 4.79 Å². The maximum atomic E-state index is 11.6. The number of carbonyl (C=O) groups excluding carboxylic acids is 1. The molecule has 2 heterocycles. The van der Waals surface area contributed by atoms with Crippen LogP contribution in [0.1, 0.15) is 12.8 Å². The van der Waals surface area contributed by atoms with Crippen LogP contribution in [0.25, 0.3) is 10.9 Å². The smallest absolute Gasteiger partial charge is 0.222 e. The molecule has 6 nitrogen and oxygen atoms in total. The van der Waals surface area contributed by atoms with Crippen molar-refractivity contribution in [2.24, 2.45) is 0 Å². The maximum Gasteiger partial charge on any atom is 0.222 e. The second-order valence-corrected chi connectivity index (χ2v) is 6.41. The van der Waals surface area contributed by atoms with Crippen LogP contribution in [0.2, 0.25) is 0 Å². The Morgan fingerprint density at radius 2 is 2.29 bits per heavy atom. The number of aliphatic hydroxyl groups is 1. The van der Waals surface area contributed by atoms with Crippen LogP contribution in [0, 0.1) is 0 Å². The number of hydrogen-bond acceptors (Lipinski definition) is 4. The third-order valence-electron chi connectivity index (χ3n) is 4.43. The van der Waals surface area contributed by atoms with E-state index in [-0.39, 0.29) is 12.5 Å². The van der Waals surface area contributed by atoms with Gasteiger partial charge in [0.1, 0.15) is 18.5 Å². The van der Waals surface area contributed by atoms with Crippen LogP contribution in [0.15, 0.2) is 30.5 Å². The molecule has 1 aliphatic heterocycles. The molecule has 0 bridgehead atoms. The minimum Gasteiger partial charge on any atom is -0.490 e. The summed E-state index contributed by atoms with van der Waals surface area (Å²) in [5.74, 6) is 1.02. The molecular weight excluding hydrogens is 306 g/mol. The number of aliphatic hydroxyl groups excluding tert-OH is 1. The van der Waals surface area contributed by atoms with Gasteiger partial charge in [0.2, 0.25) is 5.91 Å². The topological polar surface area (TPSA) is 68.8 Å². The van der Waals surface area contributed by atoms with E-state index in [4.69, 9.17) is 4.74 Å². The van der Waals surface area contributed by atoms with E-state index in [2.05, 4.69) is 4.98 Å². The first-order chi connectivity index (χ1) is 11.6. The number of nitrogens with zero attached hydrogens (tertiary/aromatic N) is 2. The SMILES string of the molecule is CN(CCN1CCCC1=O)CC(O)COc1cccc2[nH]ccc12. The highest BCUT2D eigenvalue weighted by molar-refractivity contribution is 5.85. The fourth-order valence-electron chi connectivity index (χ4n) is 3.10. The lowest BCUT2D eigenvalue weighted by Crippen LogP contribution is -2.38. The molecule has 0 aliphatic carbocycles. The van der Waals surface area contributed by atoms with Crippen LogP contribution in [-0.2, 0) is 4.79 Å². The van der Waals surface area contributed by atoms with Crippen molar-refractivity contribution in [2.45, 2.75) is 18.9 Å². The maximum absolute atomic E-state index is 11.6. The number of likely N-dealkylation sites (tertiary alicyclic amines) is 1. The van der Waals surface area contributed by atoms with Gasteiger partial charge in [-0.25, -0.2) is 0 Å². The van der Waals surface area contributed by atoms with E-state index in [0.717, 1.165) is 42.7 Å². The van der Waals surface area contributed by atoms with E-state index < -0.39 is 6.10 Å². The molecule has 2 N–H and O–H groups in total. The molecule has 0 spiro atoms. The third-order valence-corrected chi connectivity index (χ3v) is 4.43. The number of carbonyl (C=O) groups is 1. The number of rotatable bonds is 8. The number of aromatic amines is 1. The van der Waals surface area contributed by atoms with Gasteiger partial charge in [-0.15, -0.1) is 0 Å². The summed E-state index contributed by atoms with van der Waals surface area (Å²) < 4.78 is 5.77. The number of amides is 1. The summed E-state index contributed by atoms with van der Waals surface area (Å²) in [6.07, 6.45) is 2.94. The van der Waals surface area contributed by atoms with Crippen LogP contribution >= 0.6 is 0 Å². The van der Waals surface area contributed by atoms with E-state index >= 15 is 0 Å². The number of aromatic nitrogens is 1. The Bertz CT molecular complexity index is 685. The Hall–Kier alpha value is -2.05. The van der Waals surface area contributed by atoms with Gasteiger partial charge in [0.25, 0.3) is 0 Å². The molecule has 1 atom stereocenters. The number of fused-ring (bicyclic) bond motifs is 1. The minimum absolute atomic E-state index is 0.242. The quantitative estimate of drug-likeness (QED) is 0.768. The molecule has 130 valence electrons. The molecule has 1 aromatic carbocycles. The van der Waals surface area contributed by atoms with Crippen molar-refractivity contribution in [3.05, 3.63) is 30.5 Å². The predicted octanol–water partition coefficient (Wildman–Crippen LogP) is 1.46. The third kappa shape index (κ3) is 4.07. The van der Waals surface area contributed by atoms with Gasteiger partial charge < -0.3 is 24.6 Å². The Labute approximate surface area is 142 Å². The number of hydrogen-bond donors (Lipinski definition) is 2. The zero-order valence-corrected chi connectivity index (χ0v) is 14.1. The number of H-pyrrole nitrogens is 1. The molecule has 1 saturated heterocycles. The molecule has 1 aliphatic rings. The molecule has 1 fully saturated rings. The first kappa shape index (κ1) is 16.8. The number of likely N-dealkylation sites (N-methyl/N-ethyl adjacent to an activating group) is 1. The van der Waals surface area contributed by atoms with Gasteiger partial charge in [0.15, 0.2) is 0 Å². The van der Waals surface area contributed by atoms with Crippen LogP contribution in [0.3, 0.4) is 0 Å². The highest BCUT2D eigenvalue weighted by Gasteiger charge is 2.20. The second kappa shape index (κ2) is 7.68. The summed E-state index contributed by atoms with van der Waals surface area (Å²) in [6, 6.07) is 7.80. The first-order valence-corrected chi connectivity index (χ1v) is 8.47. The summed E-state index contributed by atoms with van der Waals surface area (Å²) in [5, 5.41) is 11.2. The van der Waals surface area contributed by atoms with E-state index in [0.29, 0.717) is 13.0 Å². The van der Waals surface area contributed by atoms with Gasteiger partial charge >= 0.3 is 0 Å². The van der Waals surface area contributed by atoms with E-state index in [1.165, 1.54) is 0 Å². The monoisotopic (exact) mass is 331 g/mol. The summed E-state index contributed by atoms with van der Waals surface area (Å²) in [7, 11) is 1.96. The average Bonchev–Trinajstić information content (AvgIpc) is 3.19. The Balaban J connectivity index is 1.42. The summed E-state index contributed by atoms with van der Waals surface area (Å²) in [6.45, 7) is 3.11. The largest absolute Gasteiger partial charge is 0.490 e. The van der Waals surface area contributed by atoms with Crippen LogP contribution in [0.5, 0.6) is 5.75 Å². The van der Waals surface area contributed by atoms with Gasteiger partial charge in [0.05, 0.1) is 0 Å². The average molecular weight is 331 g/mol. The van der Waals surface area contributed by atoms with E-state index in [1.54, 1.807) is 0 Å². The van der Waals surface area contributed by atoms with Crippen molar-refractivity contribution in [2.75, 3.05) is 39.8 Å². The van der Waals surface area contributed by atoms with E-state index in [9.17, 15) is 9.90 Å². The molecule has 1 amide bonds. The van der Waals surface area contributed by atoms with Crippen molar-refractivity contribution >= 4 is 16.8 Å². The molecule has 6 heteroatoms. The highest BCUT2D eigenvalue weighted by Crippen LogP contribution is 2.24. The Morgan fingerprint density at radius 3 is 3.08 bits per heavy atom. The van der Waals surface area contributed by atoms with Crippen LogP contribution < -0.4 is 4.74 Å². The number of ether oxygens (including phenoxy) is 1. The predicted molar refractivity (Wildman–Crippen MR) is 93.1 cm³/mol. The standard InChI is InChI=1S/C18H25N3O3/c1-20(10-11-21-9-3-6-18(21)23)12-14(22)13-24-17-5-2-4-16-15(17)7-8-19-16/h2,4-5,7-8,14,19,22H,3,6,9-13H2,1H3. The molecule has 0 radical (unpaired) electrons.